The first-order chi connectivity index (χ1) is 11.7. The SMILES string of the molecule is Nc1nccnc1C1CN(C(=O)c2cc3ccccc3s2)CCO1. The minimum atomic E-state index is -0.342. The molecule has 2 aromatic heterocycles. The van der Waals surface area contributed by atoms with E-state index in [0.29, 0.717) is 31.2 Å². The summed E-state index contributed by atoms with van der Waals surface area (Å²) in [5.74, 6) is 0.366. The van der Waals surface area contributed by atoms with Crippen molar-refractivity contribution in [3.05, 3.63) is 53.3 Å². The van der Waals surface area contributed by atoms with E-state index in [0.717, 1.165) is 15.0 Å². The number of morpholine rings is 1. The van der Waals surface area contributed by atoms with Gasteiger partial charge in [0.15, 0.2) is 0 Å². The second kappa shape index (κ2) is 6.18. The highest BCUT2D eigenvalue weighted by atomic mass is 32.1. The molecule has 1 amide bonds. The molecule has 24 heavy (non-hydrogen) atoms. The first-order valence-corrected chi connectivity index (χ1v) is 8.50. The second-order valence-corrected chi connectivity index (χ2v) is 6.67. The molecule has 122 valence electrons. The first-order valence-electron chi connectivity index (χ1n) is 7.68. The van der Waals surface area contributed by atoms with Crippen LogP contribution in [0.5, 0.6) is 0 Å². The molecule has 1 fully saturated rings. The van der Waals surface area contributed by atoms with Gasteiger partial charge in [0.25, 0.3) is 5.91 Å². The normalized spacial score (nSPS) is 18.0. The Hall–Kier alpha value is -2.51. The average molecular weight is 340 g/mol. The number of carbonyl (C=O) groups is 1. The summed E-state index contributed by atoms with van der Waals surface area (Å²) < 4.78 is 6.86. The van der Waals surface area contributed by atoms with Crippen LogP contribution in [-0.4, -0.2) is 40.5 Å². The Morgan fingerprint density at radius 1 is 1.29 bits per heavy atom. The molecular weight excluding hydrogens is 324 g/mol. The van der Waals surface area contributed by atoms with Crippen molar-refractivity contribution in [2.75, 3.05) is 25.4 Å². The molecule has 3 aromatic rings. The van der Waals surface area contributed by atoms with Crippen molar-refractivity contribution in [2.45, 2.75) is 6.10 Å². The number of nitrogens with zero attached hydrogens (tertiary/aromatic N) is 3. The zero-order chi connectivity index (χ0) is 16.5. The number of anilines is 1. The van der Waals surface area contributed by atoms with Crippen LogP contribution < -0.4 is 5.73 Å². The third-order valence-electron chi connectivity index (χ3n) is 4.05. The van der Waals surface area contributed by atoms with Gasteiger partial charge in [0.1, 0.15) is 17.6 Å². The minimum absolute atomic E-state index is 0.0203. The number of benzene rings is 1. The van der Waals surface area contributed by atoms with Gasteiger partial charge in [-0.3, -0.25) is 9.78 Å². The minimum Gasteiger partial charge on any atom is -0.382 e. The number of carbonyl (C=O) groups excluding carboxylic acids is 1. The highest BCUT2D eigenvalue weighted by molar-refractivity contribution is 7.20. The molecule has 0 saturated carbocycles. The summed E-state index contributed by atoms with van der Waals surface area (Å²) in [5, 5.41) is 1.09. The molecule has 1 unspecified atom stereocenters. The third-order valence-corrected chi connectivity index (χ3v) is 5.16. The fraction of sp³-hybridized carbons (Fsp3) is 0.235. The zero-order valence-electron chi connectivity index (χ0n) is 12.9. The highest BCUT2D eigenvalue weighted by Crippen LogP contribution is 2.29. The molecule has 1 saturated heterocycles. The Kier molecular flexibility index (Phi) is 3.87. The monoisotopic (exact) mass is 340 g/mol. The van der Waals surface area contributed by atoms with E-state index in [4.69, 9.17) is 10.5 Å². The summed E-state index contributed by atoms with van der Waals surface area (Å²) in [7, 11) is 0. The molecule has 2 N–H and O–H groups in total. The summed E-state index contributed by atoms with van der Waals surface area (Å²) in [6.45, 7) is 1.44. The molecule has 1 atom stereocenters. The van der Waals surface area contributed by atoms with Crippen LogP contribution in [0, 0.1) is 0 Å². The van der Waals surface area contributed by atoms with Crippen LogP contribution in [0.1, 0.15) is 21.5 Å². The molecule has 0 aliphatic carbocycles. The van der Waals surface area contributed by atoms with Gasteiger partial charge in [0, 0.05) is 23.6 Å². The smallest absolute Gasteiger partial charge is 0.264 e. The lowest BCUT2D eigenvalue weighted by atomic mass is 10.2. The van der Waals surface area contributed by atoms with Crippen LogP contribution in [0.25, 0.3) is 10.1 Å². The van der Waals surface area contributed by atoms with Crippen LogP contribution in [0.3, 0.4) is 0 Å². The molecule has 6 nitrogen and oxygen atoms in total. The molecule has 3 heterocycles. The maximum absolute atomic E-state index is 12.8. The number of hydrogen-bond acceptors (Lipinski definition) is 6. The molecule has 7 heteroatoms. The molecule has 0 bridgehead atoms. The van der Waals surface area contributed by atoms with E-state index in [9.17, 15) is 4.79 Å². The predicted octanol–water partition coefficient (Wildman–Crippen LogP) is 2.49. The summed E-state index contributed by atoms with van der Waals surface area (Å²) in [5.41, 5.74) is 6.47. The largest absolute Gasteiger partial charge is 0.382 e. The Bertz CT molecular complexity index is 862. The number of fused-ring (bicyclic) bond motifs is 1. The molecular formula is C17H16N4O2S. The van der Waals surface area contributed by atoms with Gasteiger partial charge >= 0.3 is 0 Å². The second-order valence-electron chi connectivity index (χ2n) is 5.59. The van der Waals surface area contributed by atoms with Gasteiger partial charge < -0.3 is 15.4 Å². The molecule has 0 spiro atoms. The molecule has 0 radical (unpaired) electrons. The quantitative estimate of drug-likeness (QED) is 0.775. The van der Waals surface area contributed by atoms with Gasteiger partial charge in [0.05, 0.1) is 18.0 Å². The van der Waals surface area contributed by atoms with E-state index in [1.54, 1.807) is 17.3 Å². The Morgan fingerprint density at radius 3 is 2.96 bits per heavy atom. The Labute approximate surface area is 142 Å². The number of amides is 1. The van der Waals surface area contributed by atoms with E-state index in [-0.39, 0.29) is 12.0 Å². The van der Waals surface area contributed by atoms with Crippen LogP contribution in [-0.2, 0) is 4.74 Å². The number of nitrogens with two attached hydrogens (primary N) is 1. The Balaban J connectivity index is 1.57. The first kappa shape index (κ1) is 15.0. The summed E-state index contributed by atoms with van der Waals surface area (Å²) >= 11 is 1.51. The van der Waals surface area contributed by atoms with Crippen molar-refractivity contribution in [3.63, 3.8) is 0 Å². The predicted molar refractivity (Wildman–Crippen MR) is 92.9 cm³/mol. The zero-order valence-corrected chi connectivity index (χ0v) is 13.7. The number of rotatable bonds is 2. The Morgan fingerprint density at radius 2 is 2.12 bits per heavy atom. The van der Waals surface area contributed by atoms with Gasteiger partial charge in [-0.15, -0.1) is 11.3 Å². The van der Waals surface area contributed by atoms with Gasteiger partial charge in [-0.2, -0.15) is 0 Å². The van der Waals surface area contributed by atoms with Crippen molar-refractivity contribution < 1.29 is 9.53 Å². The van der Waals surface area contributed by atoms with Crippen LogP contribution >= 0.6 is 11.3 Å². The van der Waals surface area contributed by atoms with E-state index >= 15 is 0 Å². The molecule has 4 rings (SSSR count). The number of ether oxygens (including phenoxy) is 1. The standard InChI is InChI=1S/C17H16N4O2S/c18-16-15(19-5-6-20-16)12-10-21(7-8-23-12)17(22)14-9-11-3-1-2-4-13(11)24-14/h1-6,9,12H,7-8,10H2,(H2,18,20). The van der Waals surface area contributed by atoms with E-state index in [1.807, 2.05) is 30.3 Å². The number of hydrogen-bond donors (Lipinski definition) is 1. The maximum atomic E-state index is 12.8. The van der Waals surface area contributed by atoms with Crippen LogP contribution in [0.4, 0.5) is 5.82 Å². The number of thiophene rings is 1. The van der Waals surface area contributed by atoms with Gasteiger partial charge in [-0.05, 0) is 17.5 Å². The molecule has 1 aliphatic heterocycles. The van der Waals surface area contributed by atoms with E-state index < -0.39 is 0 Å². The van der Waals surface area contributed by atoms with Crippen molar-refractivity contribution in [1.82, 2.24) is 14.9 Å². The van der Waals surface area contributed by atoms with Crippen molar-refractivity contribution >= 4 is 33.1 Å². The van der Waals surface area contributed by atoms with Gasteiger partial charge in [0.2, 0.25) is 0 Å². The number of aromatic nitrogens is 2. The molecule has 1 aromatic carbocycles. The van der Waals surface area contributed by atoms with E-state index in [2.05, 4.69) is 9.97 Å². The maximum Gasteiger partial charge on any atom is 0.264 e. The lowest BCUT2D eigenvalue weighted by molar-refractivity contribution is -0.0243. The average Bonchev–Trinajstić information content (AvgIpc) is 3.06. The van der Waals surface area contributed by atoms with Crippen LogP contribution in [0.15, 0.2) is 42.7 Å². The van der Waals surface area contributed by atoms with Gasteiger partial charge in [-0.1, -0.05) is 18.2 Å². The summed E-state index contributed by atoms with van der Waals surface area (Å²) in [6.07, 6.45) is 2.79. The van der Waals surface area contributed by atoms with E-state index in [1.165, 1.54) is 11.3 Å². The lowest BCUT2D eigenvalue weighted by Crippen LogP contribution is -2.42. The fourth-order valence-electron chi connectivity index (χ4n) is 2.85. The van der Waals surface area contributed by atoms with Gasteiger partial charge in [-0.25, -0.2) is 4.98 Å². The summed E-state index contributed by atoms with van der Waals surface area (Å²) in [6, 6.07) is 9.95. The number of nitrogen functional groups attached to an aromatic ring is 1. The lowest BCUT2D eigenvalue weighted by Gasteiger charge is -2.32. The highest BCUT2D eigenvalue weighted by Gasteiger charge is 2.29. The van der Waals surface area contributed by atoms with Crippen molar-refractivity contribution in [2.24, 2.45) is 0 Å². The molecule has 1 aliphatic rings. The van der Waals surface area contributed by atoms with Crippen LogP contribution in [0.2, 0.25) is 0 Å². The fourth-order valence-corrected chi connectivity index (χ4v) is 3.88. The van der Waals surface area contributed by atoms with Crippen molar-refractivity contribution in [3.8, 4) is 0 Å². The topological polar surface area (TPSA) is 81.3 Å². The van der Waals surface area contributed by atoms with Crippen molar-refractivity contribution in [1.29, 1.82) is 0 Å². The summed E-state index contributed by atoms with van der Waals surface area (Å²) in [4.78, 5) is 23.7. The third kappa shape index (κ3) is 2.72.